The molecule has 0 unspecified atom stereocenters. The fourth-order valence-corrected chi connectivity index (χ4v) is 3.95. The van der Waals surface area contributed by atoms with E-state index in [2.05, 4.69) is 47.0 Å². The number of rotatable bonds is 9. The van der Waals surface area contributed by atoms with Crippen LogP contribution in [0.25, 0.3) is 11.4 Å². The average molecular weight is 422 g/mol. The number of hydrogen-bond donors (Lipinski definition) is 1. The first-order valence-electron chi connectivity index (χ1n) is 10.1. The number of pyridine rings is 1. The average Bonchev–Trinajstić information content (AvgIpc) is 3.16. The summed E-state index contributed by atoms with van der Waals surface area (Å²) in [6, 6.07) is 11.8. The maximum atomic E-state index is 12.9. The van der Waals surface area contributed by atoms with Gasteiger partial charge in [0.1, 0.15) is 0 Å². The molecule has 0 saturated carbocycles. The smallest absolute Gasteiger partial charge is 0.237 e. The van der Waals surface area contributed by atoms with Gasteiger partial charge in [-0.3, -0.25) is 14.3 Å². The normalized spacial score (nSPS) is 12.9. The molecule has 156 valence electrons. The van der Waals surface area contributed by atoms with Crippen LogP contribution in [0.1, 0.15) is 38.7 Å². The Kier molecular flexibility index (Phi) is 7.41. The minimum Gasteiger partial charge on any atom is -0.325 e. The number of anilines is 1. The summed E-state index contributed by atoms with van der Waals surface area (Å²) in [6.07, 6.45) is 6.25. The van der Waals surface area contributed by atoms with Crippen molar-refractivity contribution < 1.29 is 4.79 Å². The van der Waals surface area contributed by atoms with Gasteiger partial charge in [-0.25, -0.2) is 0 Å². The molecule has 2 aromatic heterocycles. The quantitative estimate of drug-likeness (QED) is 0.382. The predicted molar refractivity (Wildman–Crippen MR) is 123 cm³/mol. The third-order valence-electron chi connectivity index (χ3n) is 4.98. The highest BCUT2D eigenvalue weighted by Crippen LogP contribution is 2.29. The minimum absolute atomic E-state index is 0.0608. The highest BCUT2D eigenvalue weighted by Gasteiger charge is 2.21. The molecule has 3 rings (SSSR count). The van der Waals surface area contributed by atoms with Crippen LogP contribution < -0.4 is 5.32 Å². The van der Waals surface area contributed by atoms with Crippen LogP contribution in [0.5, 0.6) is 0 Å². The molecule has 1 aromatic carbocycles. The first-order valence-corrected chi connectivity index (χ1v) is 10.9. The van der Waals surface area contributed by atoms with Gasteiger partial charge in [0.25, 0.3) is 0 Å². The summed E-state index contributed by atoms with van der Waals surface area (Å²) in [4.78, 5) is 17.0. The van der Waals surface area contributed by atoms with Crippen molar-refractivity contribution in [1.29, 1.82) is 0 Å². The van der Waals surface area contributed by atoms with Crippen molar-refractivity contribution in [2.75, 3.05) is 5.32 Å². The molecule has 1 amide bonds. The Morgan fingerprint density at radius 2 is 1.93 bits per heavy atom. The molecule has 0 aliphatic rings. The third kappa shape index (κ3) is 4.97. The number of allylic oxidation sites excluding steroid dienone is 1. The molecular weight excluding hydrogens is 394 g/mol. The number of amides is 1. The molecule has 0 aliphatic heterocycles. The van der Waals surface area contributed by atoms with E-state index in [1.807, 2.05) is 41.8 Å². The van der Waals surface area contributed by atoms with Crippen molar-refractivity contribution in [1.82, 2.24) is 19.7 Å². The van der Waals surface area contributed by atoms with E-state index >= 15 is 0 Å². The van der Waals surface area contributed by atoms with E-state index in [-0.39, 0.29) is 11.2 Å². The molecule has 0 aliphatic carbocycles. The molecule has 2 atom stereocenters. The van der Waals surface area contributed by atoms with Crippen LogP contribution in [0.15, 0.2) is 66.6 Å². The molecule has 0 saturated heterocycles. The second-order valence-electron chi connectivity index (χ2n) is 7.09. The Bertz CT molecular complexity index is 1000. The standard InChI is InChI=1S/C23H27N5OS/c1-5-15-28-21(18-11-13-24-14-12-18)26-27-23(28)30-17(4)22(29)25-20-10-8-7-9-19(20)16(3)6-2/h5,7-14,16-17H,1,6,15H2,2-4H3,(H,25,29)/t16-,17+/m0/s1. The van der Waals surface area contributed by atoms with Gasteiger partial charge in [-0.2, -0.15) is 0 Å². The van der Waals surface area contributed by atoms with Gasteiger partial charge >= 0.3 is 0 Å². The lowest BCUT2D eigenvalue weighted by atomic mass is 9.97. The number of nitrogens with zero attached hydrogens (tertiary/aromatic N) is 4. The zero-order valence-corrected chi connectivity index (χ0v) is 18.4. The van der Waals surface area contributed by atoms with Crippen LogP contribution in [-0.2, 0) is 11.3 Å². The zero-order valence-electron chi connectivity index (χ0n) is 17.6. The number of carbonyl (C=O) groups is 1. The van der Waals surface area contributed by atoms with Crippen molar-refractivity contribution in [2.24, 2.45) is 0 Å². The van der Waals surface area contributed by atoms with Crippen LogP contribution in [0.4, 0.5) is 5.69 Å². The first kappa shape index (κ1) is 21.8. The van der Waals surface area contributed by atoms with E-state index in [9.17, 15) is 4.79 Å². The Hall–Kier alpha value is -2.93. The van der Waals surface area contributed by atoms with Gasteiger partial charge in [-0.05, 0) is 43.0 Å². The Morgan fingerprint density at radius 3 is 2.63 bits per heavy atom. The van der Waals surface area contributed by atoms with Crippen LogP contribution in [-0.4, -0.2) is 30.9 Å². The number of aromatic nitrogens is 4. The topological polar surface area (TPSA) is 72.7 Å². The summed E-state index contributed by atoms with van der Waals surface area (Å²) in [5.41, 5.74) is 2.94. The number of carbonyl (C=O) groups excluding carboxylic acids is 1. The van der Waals surface area contributed by atoms with Gasteiger partial charge < -0.3 is 5.32 Å². The maximum Gasteiger partial charge on any atom is 0.237 e. The highest BCUT2D eigenvalue weighted by atomic mass is 32.2. The van der Waals surface area contributed by atoms with Crippen LogP contribution in [0.2, 0.25) is 0 Å². The van der Waals surface area contributed by atoms with Crippen LogP contribution >= 0.6 is 11.8 Å². The van der Waals surface area contributed by atoms with E-state index in [0.717, 1.165) is 29.1 Å². The molecule has 30 heavy (non-hydrogen) atoms. The summed E-state index contributed by atoms with van der Waals surface area (Å²) < 4.78 is 1.96. The number of nitrogens with one attached hydrogen (secondary N) is 1. The molecule has 0 fully saturated rings. The van der Waals surface area contributed by atoms with Gasteiger partial charge in [0.15, 0.2) is 11.0 Å². The number of hydrogen-bond acceptors (Lipinski definition) is 5. The largest absolute Gasteiger partial charge is 0.325 e. The van der Waals surface area contributed by atoms with Crippen molar-refractivity contribution in [2.45, 2.75) is 50.1 Å². The molecule has 0 spiro atoms. The molecule has 2 heterocycles. The summed E-state index contributed by atoms with van der Waals surface area (Å²) in [5, 5.41) is 12.1. The molecular formula is C23H27N5OS. The number of para-hydroxylation sites is 1. The van der Waals surface area contributed by atoms with E-state index in [1.165, 1.54) is 11.8 Å². The Balaban J connectivity index is 1.78. The Labute approximate surface area is 181 Å². The van der Waals surface area contributed by atoms with E-state index in [0.29, 0.717) is 17.6 Å². The molecule has 3 aromatic rings. The number of thioether (sulfide) groups is 1. The highest BCUT2D eigenvalue weighted by molar-refractivity contribution is 8.00. The second-order valence-corrected chi connectivity index (χ2v) is 8.40. The lowest BCUT2D eigenvalue weighted by Gasteiger charge is -2.17. The predicted octanol–water partition coefficient (Wildman–Crippen LogP) is 5.16. The summed E-state index contributed by atoms with van der Waals surface area (Å²) >= 11 is 1.39. The van der Waals surface area contributed by atoms with Gasteiger partial charge in [-0.1, -0.05) is 49.9 Å². The monoisotopic (exact) mass is 421 g/mol. The zero-order chi connectivity index (χ0) is 21.5. The SMILES string of the molecule is C=CCn1c(S[C@H](C)C(=O)Nc2ccccc2[C@@H](C)CC)nnc1-c1ccncc1. The van der Waals surface area contributed by atoms with Crippen molar-refractivity contribution in [3.05, 3.63) is 67.0 Å². The summed E-state index contributed by atoms with van der Waals surface area (Å²) in [6.45, 7) is 10.6. The van der Waals surface area contributed by atoms with Crippen molar-refractivity contribution in [3.63, 3.8) is 0 Å². The maximum absolute atomic E-state index is 12.9. The molecule has 0 bridgehead atoms. The van der Waals surface area contributed by atoms with Crippen LogP contribution in [0.3, 0.4) is 0 Å². The van der Waals surface area contributed by atoms with Crippen LogP contribution in [0, 0.1) is 0 Å². The van der Waals surface area contributed by atoms with Crippen molar-refractivity contribution in [3.8, 4) is 11.4 Å². The van der Waals surface area contributed by atoms with Crippen molar-refractivity contribution >= 4 is 23.4 Å². The van der Waals surface area contributed by atoms with E-state index in [1.54, 1.807) is 18.5 Å². The van der Waals surface area contributed by atoms with Gasteiger partial charge in [-0.15, -0.1) is 16.8 Å². The fraction of sp³-hybridized carbons (Fsp3) is 0.304. The molecule has 7 heteroatoms. The van der Waals surface area contributed by atoms with Gasteiger partial charge in [0.05, 0.1) is 5.25 Å². The summed E-state index contributed by atoms with van der Waals surface area (Å²) in [7, 11) is 0. The van der Waals surface area contributed by atoms with Gasteiger partial charge in [0, 0.05) is 30.2 Å². The van der Waals surface area contributed by atoms with Gasteiger partial charge in [0.2, 0.25) is 5.91 Å². The van der Waals surface area contributed by atoms with E-state index in [4.69, 9.17) is 0 Å². The lowest BCUT2D eigenvalue weighted by molar-refractivity contribution is -0.115. The Morgan fingerprint density at radius 1 is 1.20 bits per heavy atom. The lowest BCUT2D eigenvalue weighted by Crippen LogP contribution is -2.23. The fourth-order valence-electron chi connectivity index (χ4n) is 3.09. The second kappa shape index (κ2) is 10.2. The third-order valence-corrected chi connectivity index (χ3v) is 6.06. The van der Waals surface area contributed by atoms with E-state index < -0.39 is 0 Å². The minimum atomic E-state index is -0.340. The number of benzene rings is 1. The molecule has 1 N–H and O–H groups in total. The molecule has 6 nitrogen and oxygen atoms in total. The molecule has 0 radical (unpaired) electrons. The first-order chi connectivity index (χ1) is 14.5. The summed E-state index contributed by atoms with van der Waals surface area (Å²) in [5.74, 6) is 1.05.